The van der Waals surface area contributed by atoms with E-state index in [1.807, 2.05) is 0 Å². The summed E-state index contributed by atoms with van der Waals surface area (Å²) in [5, 5.41) is 0. The second-order valence-electron chi connectivity index (χ2n) is 5.30. The molecule has 2 unspecified atom stereocenters. The molecule has 0 saturated carbocycles. The molecular weight excluding hydrogens is 523 g/mol. The van der Waals surface area contributed by atoms with E-state index in [0.29, 0.717) is 0 Å². The standard InChI is InChI=1S/2C4H3F6.2C2H5O.Sn/c2*5-2(3(6)7)1-4(8,9)10;2*1-2-3;/h2*2H,1H2;2*2H2,1H3;/q;;2*-1;+2. The van der Waals surface area contributed by atoms with Crippen molar-refractivity contribution in [3.63, 3.8) is 0 Å². The molecule has 0 fully saturated rings. The molecule has 15 heteroatoms. The van der Waals surface area contributed by atoms with Gasteiger partial charge in [0.15, 0.2) is 0 Å². The minimum atomic E-state index is -7.99. The molecule has 0 radical (unpaired) electrons. The summed E-state index contributed by atoms with van der Waals surface area (Å²) in [6.07, 6.45) is -25.6. The van der Waals surface area contributed by atoms with Crippen LogP contribution in [-0.4, -0.2) is 65.0 Å². The second kappa shape index (κ2) is 9.13. The number of alkyl halides is 12. The Labute approximate surface area is 151 Å². The topological polar surface area (TPSA) is 18.5 Å². The van der Waals surface area contributed by atoms with Crippen molar-refractivity contribution < 1.29 is 58.8 Å². The molecule has 27 heavy (non-hydrogen) atoms. The number of hydrogen-bond acceptors (Lipinski definition) is 2. The van der Waals surface area contributed by atoms with E-state index < -0.39 is 77.8 Å². The Balaban J connectivity index is 6.31. The molecule has 0 saturated heterocycles. The van der Waals surface area contributed by atoms with Gasteiger partial charge in [0.1, 0.15) is 0 Å². The van der Waals surface area contributed by atoms with Crippen molar-refractivity contribution in [2.24, 2.45) is 0 Å². The molecule has 0 amide bonds. The molecule has 0 heterocycles. The summed E-state index contributed by atoms with van der Waals surface area (Å²) in [5.41, 5.74) is 0. The van der Waals surface area contributed by atoms with Crippen LogP contribution in [0.5, 0.6) is 0 Å². The van der Waals surface area contributed by atoms with Gasteiger partial charge in [-0.25, -0.2) is 0 Å². The molecule has 0 aromatic heterocycles. The van der Waals surface area contributed by atoms with E-state index in [9.17, 15) is 52.7 Å². The van der Waals surface area contributed by atoms with Crippen LogP contribution >= 0.6 is 0 Å². The van der Waals surface area contributed by atoms with Crippen LogP contribution in [0, 0.1) is 0 Å². The van der Waals surface area contributed by atoms with Crippen LogP contribution in [0.2, 0.25) is 0 Å². The fourth-order valence-electron chi connectivity index (χ4n) is 2.13. The minimum absolute atomic E-state index is 0.796. The number of halogens is 12. The van der Waals surface area contributed by atoms with Gasteiger partial charge < -0.3 is 0 Å². The van der Waals surface area contributed by atoms with Gasteiger partial charge >= 0.3 is 151 Å². The van der Waals surface area contributed by atoms with Crippen molar-refractivity contribution in [3.8, 4) is 0 Å². The molecule has 0 aliphatic heterocycles. The first kappa shape index (κ1) is 26.9. The average Bonchev–Trinajstić information content (AvgIpc) is 2.42. The van der Waals surface area contributed by atoms with Crippen LogP contribution in [-0.2, 0) is 6.15 Å². The first-order valence-electron chi connectivity index (χ1n) is 7.33. The molecule has 2 nitrogen and oxygen atoms in total. The zero-order valence-electron chi connectivity index (χ0n) is 13.8. The first-order valence-corrected chi connectivity index (χ1v) is 12.5. The second-order valence-corrected chi connectivity index (χ2v) is 14.3. The number of rotatable bonds is 10. The van der Waals surface area contributed by atoms with Crippen LogP contribution < -0.4 is 0 Å². The molecule has 2 atom stereocenters. The summed E-state index contributed by atoms with van der Waals surface area (Å²) in [4.78, 5) is 0. The molecule has 0 aromatic rings. The first-order chi connectivity index (χ1) is 11.9. The van der Waals surface area contributed by atoms with E-state index >= 15 is 0 Å². The van der Waals surface area contributed by atoms with Crippen molar-refractivity contribution in [2.45, 2.75) is 59.3 Å². The van der Waals surface area contributed by atoms with Gasteiger partial charge in [0.25, 0.3) is 0 Å². The quantitative estimate of drug-likeness (QED) is 0.273. The zero-order chi connectivity index (χ0) is 21.9. The fourth-order valence-corrected chi connectivity index (χ4v) is 11.1. The Kier molecular flexibility index (Phi) is 9.09. The van der Waals surface area contributed by atoms with Crippen molar-refractivity contribution in [1.82, 2.24) is 0 Å². The maximum atomic E-state index is 14.4. The van der Waals surface area contributed by atoms with Gasteiger partial charge in [-0.2, -0.15) is 0 Å². The Morgan fingerprint density at radius 3 is 1.07 bits per heavy atom. The van der Waals surface area contributed by atoms with Crippen molar-refractivity contribution in [1.29, 1.82) is 0 Å². The van der Waals surface area contributed by atoms with Gasteiger partial charge in [-0.05, 0) is 0 Å². The van der Waals surface area contributed by atoms with E-state index in [-0.39, 0.29) is 0 Å². The van der Waals surface area contributed by atoms with E-state index in [0.717, 1.165) is 13.8 Å². The SMILES string of the molecule is CC[O][Sn]([O]CC)([C](F)(F)C(F)CC(F)(F)F)[C](F)(F)C(F)CC(F)(F)F. The van der Waals surface area contributed by atoms with Crippen molar-refractivity contribution in [2.75, 3.05) is 13.2 Å². The summed E-state index contributed by atoms with van der Waals surface area (Å²) < 4.78 is 155. The van der Waals surface area contributed by atoms with Crippen LogP contribution in [0.3, 0.4) is 0 Å². The van der Waals surface area contributed by atoms with Crippen LogP contribution in [0.4, 0.5) is 52.7 Å². The normalized spacial score (nSPS) is 17.1. The van der Waals surface area contributed by atoms with Crippen molar-refractivity contribution >= 4 is 19.2 Å². The van der Waals surface area contributed by atoms with E-state index in [1.165, 1.54) is 0 Å². The van der Waals surface area contributed by atoms with Crippen molar-refractivity contribution in [3.05, 3.63) is 0 Å². The fraction of sp³-hybridized carbons (Fsp3) is 1.00. The predicted octanol–water partition coefficient (Wildman–Crippen LogP) is 5.43. The van der Waals surface area contributed by atoms with Crippen LogP contribution in [0.1, 0.15) is 26.7 Å². The van der Waals surface area contributed by atoms with Gasteiger partial charge in [-0.1, -0.05) is 0 Å². The molecule has 0 aliphatic rings. The Bertz CT molecular complexity index is 422. The Morgan fingerprint density at radius 2 is 0.889 bits per heavy atom. The predicted molar refractivity (Wildman–Crippen MR) is 70.0 cm³/mol. The van der Waals surface area contributed by atoms with Crippen LogP contribution in [0.15, 0.2) is 0 Å². The molecule has 164 valence electrons. The van der Waals surface area contributed by atoms with E-state index in [2.05, 4.69) is 6.15 Å². The van der Waals surface area contributed by atoms with E-state index in [1.54, 1.807) is 0 Å². The molecule has 0 bridgehead atoms. The van der Waals surface area contributed by atoms with E-state index in [4.69, 9.17) is 0 Å². The third kappa shape index (κ3) is 6.44. The average molecular weight is 539 g/mol. The molecular formula is C12H16F12O2Sn. The number of hydrogen-bond donors (Lipinski definition) is 0. The van der Waals surface area contributed by atoms with Gasteiger partial charge in [0, 0.05) is 0 Å². The molecule has 0 rings (SSSR count). The monoisotopic (exact) mass is 540 g/mol. The Hall–Kier alpha value is -0.121. The summed E-state index contributed by atoms with van der Waals surface area (Å²) in [7, 11) is 0. The Morgan fingerprint density at radius 1 is 0.630 bits per heavy atom. The summed E-state index contributed by atoms with van der Waals surface area (Å²) in [6, 6.07) is 0. The van der Waals surface area contributed by atoms with Gasteiger partial charge in [-0.3, -0.25) is 0 Å². The third-order valence-electron chi connectivity index (χ3n) is 3.18. The van der Waals surface area contributed by atoms with Gasteiger partial charge in [0.2, 0.25) is 0 Å². The summed E-state index contributed by atoms with van der Waals surface area (Å²) in [6.45, 7) is -0.604. The maximum absolute atomic E-state index is 14.4. The zero-order valence-corrected chi connectivity index (χ0v) is 16.7. The van der Waals surface area contributed by atoms with Gasteiger partial charge in [0.05, 0.1) is 0 Å². The third-order valence-corrected chi connectivity index (χ3v) is 13.9. The molecule has 0 spiro atoms. The summed E-state index contributed by atoms with van der Waals surface area (Å²) in [5.74, 6) is 0. The molecule has 0 aliphatic carbocycles. The molecule has 0 aromatic carbocycles. The van der Waals surface area contributed by atoms with Crippen LogP contribution in [0.25, 0.3) is 0 Å². The summed E-state index contributed by atoms with van der Waals surface area (Å²) >= 11 is -7.99. The van der Waals surface area contributed by atoms with Gasteiger partial charge in [-0.15, -0.1) is 0 Å². The molecule has 0 N–H and O–H groups in total.